The summed E-state index contributed by atoms with van der Waals surface area (Å²) in [7, 11) is 1.15. The Morgan fingerprint density at radius 1 is 1.20 bits per heavy atom. The van der Waals surface area contributed by atoms with Gasteiger partial charge in [-0.3, -0.25) is 4.79 Å². The summed E-state index contributed by atoms with van der Waals surface area (Å²) in [4.78, 5) is 11.1. The maximum atomic E-state index is 12.0. The molecule has 1 aromatic heterocycles. The van der Waals surface area contributed by atoms with Crippen LogP contribution in [0.15, 0.2) is 29.2 Å². The largest absolute Gasteiger partial charge is 0.296 e. The molecule has 0 fully saturated rings. The number of carbonyl (C=O) groups excluding carboxylic acids is 1. The van der Waals surface area contributed by atoms with E-state index >= 15 is 0 Å². The van der Waals surface area contributed by atoms with Gasteiger partial charge in [-0.25, -0.2) is 17.4 Å². The van der Waals surface area contributed by atoms with Crippen molar-refractivity contribution < 1.29 is 13.2 Å². The van der Waals surface area contributed by atoms with Crippen molar-refractivity contribution in [2.24, 2.45) is 7.05 Å². The van der Waals surface area contributed by atoms with Crippen LogP contribution in [0.3, 0.4) is 0 Å². The van der Waals surface area contributed by atoms with Crippen LogP contribution in [0, 0.1) is 0 Å². The molecule has 2 rings (SSSR count). The number of aromatic nitrogens is 3. The summed E-state index contributed by atoms with van der Waals surface area (Å²) in [5.74, 6) is 0. The van der Waals surface area contributed by atoms with E-state index in [-0.39, 0.29) is 10.6 Å². The van der Waals surface area contributed by atoms with Gasteiger partial charge < -0.3 is 0 Å². The lowest BCUT2D eigenvalue weighted by molar-refractivity contribution is 0.111. The molecule has 0 aliphatic rings. The molecule has 0 N–H and O–H groups in total. The zero-order chi connectivity index (χ0) is 14.9. The van der Waals surface area contributed by atoms with Crippen LogP contribution in [0.25, 0.3) is 11.3 Å². The Morgan fingerprint density at radius 3 is 2.30 bits per heavy atom. The number of aldehydes is 1. The number of carbonyl (C=O) groups is 1. The maximum Gasteiger partial charge on any atom is 0.242 e. The second-order valence-electron chi connectivity index (χ2n) is 4.38. The highest BCUT2D eigenvalue weighted by molar-refractivity contribution is 7.89. The molecule has 0 aliphatic carbocycles. The number of hydrogen-bond acceptors (Lipinski definition) is 5. The first-order valence-corrected chi connectivity index (χ1v) is 7.19. The normalized spacial score (nSPS) is 11.8. The smallest absolute Gasteiger partial charge is 0.242 e. The van der Waals surface area contributed by atoms with E-state index in [9.17, 15) is 13.2 Å². The molecule has 1 heterocycles. The van der Waals surface area contributed by atoms with Crippen LogP contribution in [0.4, 0.5) is 0 Å². The predicted octanol–water partition coefficient (Wildman–Crippen LogP) is 0.545. The van der Waals surface area contributed by atoms with Gasteiger partial charge in [0.05, 0.1) is 10.6 Å². The van der Waals surface area contributed by atoms with Crippen LogP contribution in [0.2, 0.25) is 0 Å². The van der Waals surface area contributed by atoms with E-state index in [0.29, 0.717) is 17.5 Å². The summed E-state index contributed by atoms with van der Waals surface area (Å²) >= 11 is 0. The zero-order valence-corrected chi connectivity index (χ0v) is 12.1. The molecule has 106 valence electrons. The van der Waals surface area contributed by atoms with Crippen LogP contribution in [-0.2, 0) is 17.1 Å². The van der Waals surface area contributed by atoms with Crippen molar-refractivity contribution in [3.8, 4) is 11.3 Å². The van der Waals surface area contributed by atoms with Crippen LogP contribution in [0.1, 0.15) is 10.5 Å². The zero-order valence-electron chi connectivity index (χ0n) is 11.3. The summed E-state index contributed by atoms with van der Waals surface area (Å²) in [6, 6.07) is 6.24. The van der Waals surface area contributed by atoms with E-state index in [1.165, 1.54) is 30.9 Å². The van der Waals surface area contributed by atoms with Gasteiger partial charge in [-0.15, -0.1) is 5.10 Å². The number of benzene rings is 1. The van der Waals surface area contributed by atoms with Crippen LogP contribution < -0.4 is 0 Å². The fourth-order valence-corrected chi connectivity index (χ4v) is 2.68. The van der Waals surface area contributed by atoms with Crippen molar-refractivity contribution in [1.29, 1.82) is 0 Å². The molecule has 0 bridgehead atoms. The number of nitrogens with zero attached hydrogens (tertiary/aromatic N) is 4. The Morgan fingerprint density at radius 2 is 1.80 bits per heavy atom. The summed E-state index contributed by atoms with van der Waals surface area (Å²) < 4.78 is 26.5. The first-order chi connectivity index (χ1) is 9.37. The lowest BCUT2D eigenvalue weighted by Crippen LogP contribution is -2.22. The Labute approximate surface area is 116 Å². The van der Waals surface area contributed by atoms with Gasteiger partial charge in [-0.1, -0.05) is 17.3 Å². The highest BCUT2D eigenvalue weighted by Gasteiger charge is 2.18. The van der Waals surface area contributed by atoms with Crippen LogP contribution >= 0.6 is 0 Å². The molecule has 2 aromatic rings. The molecule has 20 heavy (non-hydrogen) atoms. The van der Waals surface area contributed by atoms with E-state index < -0.39 is 10.0 Å². The van der Waals surface area contributed by atoms with Crippen LogP contribution in [-0.4, -0.2) is 48.1 Å². The third-order valence-corrected chi connectivity index (χ3v) is 4.70. The second kappa shape index (κ2) is 5.14. The van der Waals surface area contributed by atoms with Gasteiger partial charge in [0.2, 0.25) is 10.0 Å². The van der Waals surface area contributed by atoms with Crippen molar-refractivity contribution in [1.82, 2.24) is 19.3 Å². The molecule has 0 amide bonds. The van der Waals surface area contributed by atoms with Crippen molar-refractivity contribution in [2.45, 2.75) is 4.90 Å². The lowest BCUT2D eigenvalue weighted by atomic mass is 10.1. The molecule has 0 saturated heterocycles. The molecule has 0 saturated carbocycles. The van der Waals surface area contributed by atoms with E-state index in [0.717, 1.165) is 4.31 Å². The molecular formula is C12H14N4O3S. The topological polar surface area (TPSA) is 85.2 Å². The SMILES string of the molecule is CN(C)S(=O)(=O)c1ccc(-c2c(C=O)nnn2C)cc1. The molecule has 7 nitrogen and oxygen atoms in total. The average molecular weight is 294 g/mol. The number of aryl methyl sites for hydroxylation is 1. The summed E-state index contributed by atoms with van der Waals surface area (Å²) in [6.45, 7) is 0. The Hall–Kier alpha value is -2.06. The molecule has 8 heteroatoms. The predicted molar refractivity (Wildman–Crippen MR) is 72.7 cm³/mol. The van der Waals surface area contributed by atoms with Gasteiger partial charge in [-0.05, 0) is 12.1 Å². The average Bonchev–Trinajstić information content (AvgIpc) is 2.79. The monoisotopic (exact) mass is 294 g/mol. The lowest BCUT2D eigenvalue weighted by Gasteiger charge is -2.11. The molecule has 0 spiro atoms. The van der Waals surface area contributed by atoms with Gasteiger partial charge in [0, 0.05) is 26.7 Å². The first kappa shape index (κ1) is 14.4. The Bertz CT molecular complexity index is 733. The van der Waals surface area contributed by atoms with Gasteiger partial charge in [0.25, 0.3) is 0 Å². The minimum absolute atomic E-state index is 0.189. The summed E-state index contributed by atoms with van der Waals surface area (Å²) in [5, 5.41) is 7.50. The van der Waals surface area contributed by atoms with Crippen molar-refractivity contribution >= 4 is 16.3 Å². The number of rotatable bonds is 4. The Balaban J connectivity index is 2.48. The molecule has 1 aromatic carbocycles. The van der Waals surface area contributed by atoms with Gasteiger partial charge in [-0.2, -0.15) is 0 Å². The van der Waals surface area contributed by atoms with E-state index in [2.05, 4.69) is 10.3 Å². The van der Waals surface area contributed by atoms with Crippen molar-refractivity contribution in [2.75, 3.05) is 14.1 Å². The maximum absolute atomic E-state index is 12.0. The van der Waals surface area contributed by atoms with Crippen LogP contribution in [0.5, 0.6) is 0 Å². The highest BCUT2D eigenvalue weighted by atomic mass is 32.2. The third-order valence-electron chi connectivity index (χ3n) is 2.87. The standard InChI is InChI=1S/C12H14N4O3S/c1-15(2)20(18,19)10-6-4-9(5-7-10)12-11(8-17)13-14-16(12)3/h4-8H,1-3H3. The fourth-order valence-electron chi connectivity index (χ4n) is 1.78. The van der Waals surface area contributed by atoms with E-state index in [1.807, 2.05) is 0 Å². The quantitative estimate of drug-likeness (QED) is 0.769. The van der Waals surface area contributed by atoms with Gasteiger partial charge >= 0.3 is 0 Å². The second-order valence-corrected chi connectivity index (χ2v) is 6.53. The molecule has 0 aliphatic heterocycles. The van der Waals surface area contributed by atoms with Gasteiger partial charge in [0.15, 0.2) is 12.0 Å². The third kappa shape index (κ3) is 2.35. The van der Waals surface area contributed by atoms with E-state index in [1.54, 1.807) is 19.2 Å². The van der Waals surface area contributed by atoms with Crippen molar-refractivity contribution in [3.05, 3.63) is 30.0 Å². The Kier molecular flexibility index (Phi) is 3.69. The first-order valence-electron chi connectivity index (χ1n) is 5.75. The minimum atomic E-state index is -3.46. The van der Waals surface area contributed by atoms with Crippen molar-refractivity contribution in [3.63, 3.8) is 0 Å². The minimum Gasteiger partial charge on any atom is -0.296 e. The fraction of sp³-hybridized carbons (Fsp3) is 0.250. The molecular weight excluding hydrogens is 280 g/mol. The number of hydrogen-bond donors (Lipinski definition) is 0. The molecule has 0 unspecified atom stereocenters. The summed E-state index contributed by atoms with van der Waals surface area (Å²) in [6.07, 6.45) is 0.618. The van der Waals surface area contributed by atoms with E-state index in [4.69, 9.17) is 0 Å². The van der Waals surface area contributed by atoms with Gasteiger partial charge in [0.1, 0.15) is 0 Å². The summed E-state index contributed by atoms with van der Waals surface area (Å²) in [5.41, 5.74) is 1.45. The molecule has 0 atom stereocenters. The molecule has 0 radical (unpaired) electrons. The number of sulfonamides is 1. The highest BCUT2D eigenvalue weighted by Crippen LogP contribution is 2.23.